The van der Waals surface area contributed by atoms with Gasteiger partial charge in [-0.2, -0.15) is 0 Å². The van der Waals surface area contributed by atoms with Gasteiger partial charge < -0.3 is 20.5 Å². The lowest BCUT2D eigenvalue weighted by atomic mass is 10.0. The number of nitrogens with zero attached hydrogens (tertiary/aromatic N) is 2. The first-order chi connectivity index (χ1) is 15.9. The average Bonchev–Trinajstić information content (AvgIpc) is 3.45. The fourth-order valence-electron chi connectivity index (χ4n) is 4.96. The van der Waals surface area contributed by atoms with Gasteiger partial charge in [0.1, 0.15) is 0 Å². The van der Waals surface area contributed by atoms with Crippen molar-refractivity contribution >= 4 is 22.7 Å². The molecule has 2 unspecified atom stereocenters. The Labute approximate surface area is 195 Å². The van der Waals surface area contributed by atoms with Crippen LogP contribution in [0, 0.1) is 5.92 Å². The van der Waals surface area contributed by atoms with E-state index in [1.165, 1.54) is 5.39 Å². The molecule has 1 aliphatic rings. The Hall–Kier alpha value is -3.12. The second-order valence-electron chi connectivity index (χ2n) is 9.19. The van der Waals surface area contributed by atoms with E-state index in [1.54, 1.807) is 0 Å². The van der Waals surface area contributed by atoms with Gasteiger partial charge in [0.25, 0.3) is 5.91 Å². The minimum absolute atomic E-state index is 0.0497. The molecule has 1 fully saturated rings. The lowest BCUT2D eigenvalue weighted by Gasteiger charge is -2.25. The number of nitrogens with two attached hydrogens (primary N) is 1. The molecule has 3 N–H and O–H groups in total. The zero-order valence-corrected chi connectivity index (χ0v) is 19.8. The van der Waals surface area contributed by atoms with Gasteiger partial charge in [-0.25, -0.2) is 0 Å². The van der Waals surface area contributed by atoms with Crippen LogP contribution in [-0.4, -0.2) is 40.9 Å². The zero-order chi connectivity index (χ0) is 23.5. The van der Waals surface area contributed by atoms with E-state index in [1.807, 2.05) is 50.2 Å². The van der Waals surface area contributed by atoms with Gasteiger partial charge in [0.2, 0.25) is 5.91 Å². The van der Waals surface area contributed by atoms with Crippen molar-refractivity contribution in [3.05, 3.63) is 59.8 Å². The van der Waals surface area contributed by atoms with Crippen LogP contribution in [0.3, 0.4) is 0 Å². The van der Waals surface area contributed by atoms with Gasteiger partial charge in [-0.15, -0.1) is 0 Å². The number of aryl methyl sites for hydroxylation is 1. The highest BCUT2D eigenvalue weighted by atomic mass is 16.2. The molecular formula is C27H34N4O2. The van der Waals surface area contributed by atoms with Crippen molar-refractivity contribution in [1.82, 2.24) is 14.8 Å². The van der Waals surface area contributed by atoms with Crippen LogP contribution in [0.1, 0.15) is 48.5 Å². The fourth-order valence-corrected chi connectivity index (χ4v) is 4.96. The molecule has 1 aliphatic carbocycles. The molecular weight excluding hydrogens is 412 g/mol. The van der Waals surface area contributed by atoms with Gasteiger partial charge in [0, 0.05) is 62.3 Å². The van der Waals surface area contributed by atoms with Crippen LogP contribution in [0.2, 0.25) is 0 Å². The normalized spacial score (nSPS) is 17.9. The monoisotopic (exact) mass is 446 g/mol. The Kier molecular flexibility index (Phi) is 6.84. The van der Waals surface area contributed by atoms with Crippen LogP contribution in [0.5, 0.6) is 0 Å². The third-order valence-electron chi connectivity index (χ3n) is 7.05. The summed E-state index contributed by atoms with van der Waals surface area (Å²) in [6.07, 6.45) is 5.55. The predicted molar refractivity (Wildman–Crippen MR) is 133 cm³/mol. The molecule has 1 saturated carbocycles. The van der Waals surface area contributed by atoms with Crippen molar-refractivity contribution in [3.8, 4) is 11.1 Å². The maximum atomic E-state index is 13.1. The molecule has 3 aromatic rings. The Morgan fingerprint density at radius 3 is 2.55 bits per heavy atom. The van der Waals surface area contributed by atoms with E-state index in [9.17, 15) is 9.59 Å². The number of hydrogen-bond acceptors (Lipinski definition) is 3. The number of nitrogens with one attached hydrogen (secondary N) is 1. The summed E-state index contributed by atoms with van der Waals surface area (Å²) in [6, 6.07) is 14.5. The molecule has 6 nitrogen and oxygen atoms in total. The highest BCUT2D eigenvalue weighted by Gasteiger charge is 2.30. The highest BCUT2D eigenvalue weighted by molar-refractivity contribution is 5.95. The summed E-state index contributed by atoms with van der Waals surface area (Å²) in [5, 5.41) is 4.16. The third-order valence-corrected chi connectivity index (χ3v) is 7.05. The van der Waals surface area contributed by atoms with E-state index in [-0.39, 0.29) is 17.9 Å². The number of aromatic nitrogens is 1. The van der Waals surface area contributed by atoms with Crippen LogP contribution in [0.4, 0.5) is 0 Å². The third kappa shape index (κ3) is 4.81. The maximum Gasteiger partial charge on any atom is 0.253 e. The first-order valence-corrected chi connectivity index (χ1v) is 11.8. The first kappa shape index (κ1) is 23.1. The quantitative estimate of drug-likeness (QED) is 0.574. The van der Waals surface area contributed by atoms with Crippen LogP contribution >= 0.6 is 0 Å². The molecule has 0 spiro atoms. The number of carbonyl (C=O) groups is 2. The molecule has 1 heterocycles. The van der Waals surface area contributed by atoms with Crippen molar-refractivity contribution in [3.63, 3.8) is 0 Å². The standard InChI is InChI=1S/C27H34N4O2/c1-4-26(32)29-16-18-5-11-23(13-18)31(3)27(33)20-8-6-19(7-9-20)21-10-12-25-24(14-21)22(15-28)17-30(25)2/h6-10,12,14,17-18,23H,4-5,11,13,15-16,28H2,1-3H3,(H,29,32). The minimum atomic E-state index is 0.0497. The van der Waals surface area contributed by atoms with E-state index in [4.69, 9.17) is 5.73 Å². The minimum Gasteiger partial charge on any atom is -0.356 e. The first-order valence-electron chi connectivity index (χ1n) is 11.8. The molecule has 33 heavy (non-hydrogen) atoms. The number of rotatable bonds is 7. The van der Waals surface area contributed by atoms with Crippen LogP contribution in [0.15, 0.2) is 48.7 Å². The maximum absolute atomic E-state index is 13.1. The van der Waals surface area contributed by atoms with Crippen molar-refractivity contribution in [2.24, 2.45) is 18.7 Å². The van der Waals surface area contributed by atoms with E-state index in [2.05, 4.69) is 34.3 Å². The summed E-state index contributed by atoms with van der Waals surface area (Å²) >= 11 is 0. The van der Waals surface area contributed by atoms with Crippen LogP contribution in [-0.2, 0) is 18.4 Å². The van der Waals surface area contributed by atoms with E-state index >= 15 is 0 Å². The second kappa shape index (κ2) is 9.79. The zero-order valence-electron chi connectivity index (χ0n) is 19.8. The number of carbonyl (C=O) groups excluding carboxylic acids is 2. The Morgan fingerprint density at radius 1 is 1.12 bits per heavy atom. The largest absolute Gasteiger partial charge is 0.356 e. The molecule has 0 bridgehead atoms. The fraction of sp³-hybridized carbons (Fsp3) is 0.407. The summed E-state index contributed by atoms with van der Waals surface area (Å²) in [5.41, 5.74) is 11.1. The highest BCUT2D eigenvalue weighted by Crippen LogP contribution is 2.30. The van der Waals surface area contributed by atoms with Crippen molar-refractivity contribution in [1.29, 1.82) is 0 Å². The number of fused-ring (bicyclic) bond motifs is 1. The molecule has 0 saturated heterocycles. The SMILES string of the molecule is CCC(=O)NCC1CCC(N(C)C(=O)c2ccc(-c3ccc4c(c3)c(CN)cn4C)cc2)C1. The Bertz CT molecular complexity index is 1150. The molecule has 2 amide bonds. The van der Waals surface area contributed by atoms with Gasteiger partial charge in [-0.05, 0) is 66.1 Å². The molecule has 1 aromatic heterocycles. The molecule has 6 heteroatoms. The number of amides is 2. The lowest BCUT2D eigenvalue weighted by Crippen LogP contribution is -2.36. The van der Waals surface area contributed by atoms with Crippen LogP contribution in [0.25, 0.3) is 22.0 Å². The van der Waals surface area contributed by atoms with Gasteiger partial charge in [-0.1, -0.05) is 25.1 Å². The number of benzene rings is 2. The predicted octanol–water partition coefficient (Wildman–Crippen LogP) is 4.07. The van der Waals surface area contributed by atoms with Crippen molar-refractivity contribution < 1.29 is 9.59 Å². The number of hydrogen-bond donors (Lipinski definition) is 2. The van der Waals surface area contributed by atoms with Gasteiger partial charge >= 0.3 is 0 Å². The van der Waals surface area contributed by atoms with E-state index in [0.29, 0.717) is 31.0 Å². The average molecular weight is 447 g/mol. The second-order valence-corrected chi connectivity index (χ2v) is 9.19. The summed E-state index contributed by atoms with van der Waals surface area (Å²) in [7, 11) is 3.93. The van der Waals surface area contributed by atoms with Gasteiger partial charge in [0.15, 0.2) is 0 Å². The summed E-state index contributed by atoms with van der Waals surface area (Å²) in [5.74, 6) is 0.580. The summed E-state index contributed by atoms with van der Waals surface area (Å²) in [4.78, 5) is 26.5. The molecule has 174 valence electrons. The van der Waals surface area contributed by atoms with Crippen LogP contribution < -0.4 is 11.1 Å². The summed E-state index contributed by atoms with van der Waals surface area (Å²) in [6.45, 7) is 3.08. The Morgan fingerprint density at radius 2 is 1.85 bits per heavy atom. The van der Waals surface area contributed by atoms with Crippen molar-refractivity contribution in [2.75, 3.05) is 13.6 Å². The molecule has 2 atom stereocenters. The molecule has 0 aliphatic heterocycles. The van der Waals surface area contributed by atoms with Gasteiger partial charge in [-0.3, -0.25) is 9.59 Å². The lowest BCUT2D eigenvalue weighted by molar-refractivity contribution is -0.120. The van der Waals surface area contributed by atoms with Gasteiger partial charge in [0.05, 0.1) is 0 Å². The molecule has 0 radical (unpaired) electrons. The van der Waals surface area contributed by atoms with Crippen molar-refractivity contribution in [2.45, 2.75) is 45.2 Å². The summed E-state index contributed by atoms with van der Waals surface area (Å²) < 4.78 is 2.10. The smallest absolute Gasteiger partial charge is 0.253 e. The topological polar surface area (TPSA) is 80.4 Å². The molecule has 4 rings (SSSR count). The van der Waals surface area contributed by atoms with E-state index < -0.39 is 0 Å². The molecule has 2 aromatic carbocycles. The van der Waals surface area contributed by atoms with E-state index in [0.717, 1.165) is 41.5 Å². The Balaban J connectivity index is 1.43.